The van der Waals surface area contributed by atoms with Gasteiger partial charge in [-0.25, -0.2) is 0 Å². The molecule has 1 aromatic heterocycles. The molecule has 0 aliphatic heterocycles. The van der Waals surface area contributed by atoms with Crippen LogP contribution >= 0.6 is 0 Å². The number of aliphatic hydroxyl groups is 1. The van der Waals surface area contributed by atoms with E-state index in [9.17, 15) is 13.2 Å². The number of nitrogens with one attached hydrogen (secondary N) is 1. The summed E-state index contributed by atoms with van der Waals surface area (Å²) < 4.78 is 39.7. The van der Waals surface area contributed by atoms with Gasteiger partial charge in [0, 0.05) is 31.7 Å². The number of rotatable bonds is 7. The lowest BCUT2D eigenvalue weighted by Crippen LogP contribution is -2.38. The van der Waals surface area contributed by atoms with Crippen molar-refractivity contribution in [1.29, 1.82) is 0 Å². The van der Waals surface area contributed by atoms with Crippen molar-refractivity contribution in [3.63, 3.8) is 0 Å². The first kappa shape index (κ1) is 16.1. The lowest BCUT2D eigenvalue weighted by atomic mass is 10.2. The molecule has 1 aliphatic rings. The Bertz CT molecular complexity index is 482. The van der Waals surface area contributed by atoms with E-state index in [0.29, 0.717) is 24.1 Å². The Morgan fingerprint density at radius 2 is 2.10 bits per heavy atom. The first-order valence-corrected chi connectivity index (χ1v) is 7.00. The Kier molecular flexibility index (Phi) is 4.77. The molecule has 1 fully saturated rings. The van der Waals surface area contributed by atoms with Gasteiger partial charge in [-0.3, -0.25) is 4.68 Å². The second-order valence-electron chi connectivity index (χ2n) is 5.43. The number of aliphatic hydroxyl groups excluding tert-OH is 1. The number of aromatic nitrogens is 2. The second kappa shape index (κ2) is 6.23. The van der Waals surface area contributed by atoms with Gasteiger partial charge in [0.25, 0.3) is 0 Å². The summed E-state index contributed by atoms with van der Waals surface area (Å²) in [6.07, 6.45) is -2.11. The molecule has 2 rings (SSSR count). The molecular formula is C13H21F3N4O. The molecule has 21 heavy (non-hydrogen) atoms. The summed E-state index contributed by atoms with van der Waals surface area (Å²) in [5, 5.41) is 16.6. The fraction of sp³-hybridized carbons (Fsp3) is 0.769. The van der Waals surface area contributed by atoms with Gasteiger partial charge >= 0.3 is 6.18 Å². The molecule has 0 aromatic carbocycles. The molecule has 0 unspecified atom stereocenters. The maximum absolute atomic E-state index is 12.7. The average Bonchev–Trinajstić information content (AvgIpc) is 3.11. The highest BCUT2D eigenvalue weighted by molar-refractivity contribution is 5.50. The highest BCUT2D eigenvalue weighted by atomic mass is 19.4. The minimum Gasteiger partial charge on any atom is -0.395 e. The van der Waals surface area contributed by atoms with Gasteiger partial charge in [0.05, 0.1) is 12.3 Å². The Labute approximate surface area is 121 Å². The van der Waals surface area contributed by atoms with E-state index in [4.69, 9.17) is 5.11 Å². The van der Waals surface area contributed by atoms with Crippen molar-refractivity contribution >= 4 is 5.82 Å². The summed E-state index contributed by atoms with van der Waals surface area (Å²) in [6.45, 7) is 0.783. The minimum absolute atomic E-state index is 0.0745. The van der Waals surface area contributed by atoms with Crippen LogP contribution in [0.1, 0.15) is 24.1 Å². The fourth-order valence-corrected chi connectivity index (χ4v) is 2.42. The van der Waals surface area contributed by atoms with Gasteiger partial charge in [0.2, 0.25) is 0 Å². The zero-order chi connectivity index (χ0) is 15.6. The van der Waals surface area contributed by atoms with E-state index < -0.39 is 12.7 Å². The van der Waals surface area contributed by atoms with Gasteiger partial charge in [-0.2, -0.15) is 18.3 Å². The van der Waals surface area contributed by atoms with Crippen LogP contribution in [0.15, 0.2) is 0 Å². The van der Waals surface area contributed by atoms with Crippen molar-refractivity contribution in [2.45, 2.75) is 38.5 Å². The number of nitrogens with zero attached hydrogens (tertiary/aromatic N) is 3. The Morgan fingerprint density at radius 1 is 1.43 bits per heavy atom. The van der Waals surface area contributed by atoms with Gasteiger partial charge in [-0.15, -0.1) is 0 Å². The number of anilines is 1. The van der Waals surface area contributed by atoms with Crippen LogP contribution in [0, 0.1) is 6.92 Å². The zero-order valence-corrected chi connectivity index (χ0v) is 12.2. The number of alkyl halides is 3. The van der Waals surface area contributed by atoms with Crippen LogP contribution in [-0.2, 0) is 13.6 Å². The summed E-state index contributed by atoms with van der Waals surface area (Å²) in [5.41, 5.74) is 1.48. The third-order valence-electron chi connectivity index (χ3n) is 3.50. The molecule has 2 N–H and O–H groups in total. The lowest BCUT2D eigenvalue weighted by Gasteiger charge is -2.26. The van der Waals surface area contributed by atoms with Crippen LogP contribution < -0.4 is 10.2 Å². The number of hydrogen-bond donors (Lipinski definition) is 2. The quantitative estimate of drug-likeness (QED) is 0.798. The normalized spacial score (nSPS) is 15.5. The third kappa shape index (κ3) is 4.34. The van der Waals surface area contributed by atoms with E-state index in [0.717, 1.165) is 23.3 Å². The SMILES string of the molecule is Cc1nn(C)c(N(CCO)CC(F)(F)F)c1CNC1CC1. The predicted molar refractivity (Wildman–Crippen MR) is 73.2 cm³/mol. The van der Waals surface area contributed by atoms with Crippen LogP contribution in [0.4, 0.5) is 19.0 Å². The largest absolute Gasteiger partial charge is 0.405 e. The van der Waals surface area contributed by atoms with Crippen molar-refractivity contribution in [1.82, 2.24) is 15.1 Å². The second-order valence-corrected chi connectivity index (χ2v) is 5.43. The minimum atomic E-state index is -4.32. The molecule has 0 atom stereocenters. The van der Waals surface area contributed by atoms with Crippen LogP contribution in [0.3, 0.4) is 0 Å². The Hall–Kier alpha value is -1.28. The first-order valence-electron chi connectivity index (χ1n) is 7.00. The molecule has 0 radical (unpaired) electrons. The zero-order valence-electron chi connectivity index (χ0n) is 12.2. The first-order chi connectivity index (χ1) is 9.81. The van der Waals surface area contributed by atoms with Crippen LogP contribution in [0.2, 0.25) is 0 Å². The summed E-state index contributed by atoms with van der Waals surface area (Å²) in [4.78, 5) is 1.14. The molecule has 120 valence electrons. The van der Waals surface area contributed by atoms with E-state index in [1.165, 1.54) is 4.68 Å². The highest BCUT2D eigenvalue weighted by Gasteiger charge is 2.33. The topological polar surface area (TPSA) is 53.3 Å². The highest BCUT2D eigenvalue weighted by Crippen LogP contribution is 2.28. The van der Waals surface area contributed by atoms with Crippen LogP contribution in [-0.4, -0.2) is 46.8 Å². The van der Waals surface area contributed by atoms with Crippen LogP contribution in [0.5, 0.6) is 0 Å². The van der Waals surface area contributed by atoms with E-state index >= 15 is 0 Å². The van der Waals surface area contributed by atoms with E-state index in [-0.39, 0.29) is 13.2 Å². The van der Waals surface area contributed by atoms with Crippen molar-refractivity contribution in [2.24, 2.45) is 7.05 Å². The van der Waals surface area contributed by atoms with E-state index in [1.54, 1.807) is 14.0 Å². The van der Waals surface area contributed by atoms with Crippen molar-refractivity contribution in [3.8, 4) is 0 Å². The lowest BCUT2D eigenvalue weighted by molar-refractivity contribution is -0.120. The van der Waals surface area contributed by atoms with Crippen LogP contribution in [0.25, 0.3) is 0 Å². The molecule has 1 saturated carbocycles. The number of halogens is 3. The molecule has 1 aliphatic carbocycles. The molecular weight excluding hydrogens is 285 g/mol. The summed E-state index contributed by atoms with van der Waals surface area (Å²) in [6, 6.07) is 0.464. The van der Waals surface area contributed by atoms with Gasteiger partial charge in [0.15, 0.2) is 0 Å². The predicted octanol–water partition coefficient (Wildman–Crippen LogP) is 1.34. The van der Waals surface area contributed by atoms with Crippen molar-refractivity contribution < 1.29 is 18.3 Å². The molecule has 1 aromatic rings. The van der Waals surface area contributed by atoms with E-state index in [1.807, 2.05) is 0 Å². The smallest absolute Gasteiger partial charge is 0.395 e. The fourth-order valence-electron chi connectivity index (χ4n) is 2.42. The molecule has 0 spiro atoms. The maximum Gasteiger partial charge on any atom is 0.405 e. The molecule has 8 heteroatoms. The Balaban J connectivity index is 2.23. The van der Waals surface area contributed by atoms with Crippen molar-refractivity contribution in [2.75, 3.05) is 24.6 Å². The number of hydrogen-bond acceptors (Lipinski definition) is 4. The van der Waals surface area contributed by atoms with Crippen molar-refractivity contribution in [3.05, 3.63) is 11.3 Å². The van der Waals surface area contributed by atoms with E-state index in [2.05, 4.69) is 10.4 Å². The summed E-state index contributed by atoms with van der Waals surface area (Å²) in [7, 11) is 1.63. The summed E-state index contributed by atoms with van der Waals surface area (Å²) in [5.74, 6) is 0.423. The molecule has 0 saturated heterocycles. The Morgan fingerprint density at radius 3 is 2.62 bits per heavy atom. The molecule has 0 bridgehead atoms. The monoisotopic (exact) mass is 306 g/mol. The number of aryl methyl sites for hydroxylation is 2. The average molecular weight is 306 g/mol. The molecule has 0 amide bonds. The summed E-state index contributed by atoms with van der Waals surface area (Å²) >= 11 is 0. The standard InChI is InChI=1S/C13H21F3N4O/c1-9-11(7-17-10-3-4-10)12(19(2)18-9)20(5-6-21)8-13(14,15)16/h10,17,21H,3-8H2,1-2H3. The van der Waals surface area contributed by atoms with Gasteiger partial charge in [-0.1, -0.05) is 0 Å². The molecule has 1 heterocycles. The van der Waals surface area contributed by atoms with Gasteiger partial charge in [0.1, 0.15) is 12.4 Å². The third-order valence-corrected chi connectivity index (χ3v) is 3.50. The maximum atomic E-state index is 12.7. The van der Waals surface area contributed by atoms with Gasteiger partial charge in [-0.05, 0) is 19.8 Å². The molecule has 5 nitrogen and oxygen atoms in total. The van der Waals surface area contributed by atoms with Gasteiger partial charge < -0.3 is 15.3 Å².